The molecule has 0 atom stereocenters. The molecule has 6 nitrogen and oxygen atoms in total. The van der Waals surface area contributed by atoms with Crippen LogP contribution in [0, 0.1) is 11.3 Å². The summed E-state index contributed by atoms with van der Waals surface area (Å²) in [7, 11) is 0. The lowest BCUT2D eigenvalue weighted by molar-refractivity contribution is -0.128. The lowest BCUT2D eigenvalue weighted by Crippen LogP contribution is -2.47. The van der Waals surface area contributed by atoms with Crippen LogP contribution in [0.15, 0.2) is 48.5 Å². The molecule has 0 fully saturated rings. The van der Waals surface area contributed by atoms with Crippen LogP contribution in [0.3, 0.4) is 0 Å². The second-order valence-corrected chi connectivity index (χ2v) is 6.56. The fourth-order valence-corrected chi connectivity index (χ4v) is 3.19. The molecule has 0 bridgehead atoms. The predicted octanol–water partition coefficient (Wildman–Crippen LogP) is 2.09. The molecule has 0 aliphatic carbocycles. The number of anilines is 1. The molecule has 6 heteroatoms. The lowest BCUT2D eigenvalue weighted by Gasteiger charge is -2.30. The van der Waals surface area contributed by atoms with E-state index in [1.54, 1.807) is 12.1 Å². The summed E-state index contributed by atoms with van der Waals surface area (Å²) in [5.41, 5.74) is 8.87. The molecule has 1 aliphatic rings. The fraction of sp³-hybridized carbons (Fsp3) is 0.286. The zero-order valence-electron chi connectivity index (χ0n) is 15.1. The average Bonchev–Trinajstić information content (AvgIpc) is 2.71. The van der Waals surface area contributed by atoms with Crippen molar-refractivity contribution in [2.45, 2.75) is 25.7 Å². The minimum Gasteiger partial charge on any atom is -0.362 e. The Morgan fingerprint density at radius 1 is 1.04 bits per heavy atom. The third-order valence-corrected chi connectivity index (χ3v) is 4.61. The quantitative estimate of drug-likeness (QED) is 0.798. The Kier molecular flexibility index (Phi) is 6.06. The first-order valence-corrected chi connectivity index (χ1v) is 9.05. The van der Waals surface area contributed by atoms with E-state index in [4.69, 9.17) is 5.26 Å². The van der Waals surface area contributed by atoms with Crippen molar-refractivity contribution in [1.82, 2.24) is 10.9 Å². The molecule has 0 spiro atoms. The van der Waals surface area contributed by atoms with Crippen molar-refractivity contribution in [3.63, 3.8) is 0 Å². The number of hydrazine groups is 1. The van der Waals surface area contributed by atoms with Gasteiger partial charge in [-0.1, -0.05) is 30.3 Å². The second kappa shape index (κ2) is 8.86. The molecule has 2 N–H and O–H groups in total. The molecule has 0 saturated heterocycles. The van der Waals surface area contributed by atoms with Crippen molar-refractivity contribution in [3.05, 3.63) is 65.2 Å². The van der Waals surface area contributed by atoms with Gasteiger partial charge in [0.25, 0.3) is 5.91 Å². The molecular weight excluding hydrogens is 340 g/mol. The Balaban J connectivity index is 1.42. The smallest absolute Gasteiger partial charge is 0.257 e. The van der Waals surface area contributed by atoms with Crippen molar-refractivity contribution in [2.24, 2.45) is 0 Å². The van der Waals surface area contributed by atoms with Gasteiger partial charge in [-0.3, -0.25) is 20.4 Å². The van der Waals surface area contributed by atoms with Crippen LogP contribution < -0.4 is 15.8 Å². The van der Waals surface area contributed by atoms with E-state index in [9.17, 15) is 9.59 Å². The zero-order chi connectivity index (χ0) is 19.1. The monoisotopic (exact) mass is 362 g/mol. The number of amides is 2. The minimum atomic E-state index is -0.244. The Morgan fingerprint density at radius 3 is 2.56 bits per heavy atom. The number of fused-ring (bicyclic) bond motifs is 1. The molecule has 0 unspecified atom stereocenters. The maximum atomic E-state index is 12.2. The molecule has 3 rings (SSSR count). The fourth-order valence-electron chi connectivity index (χ4n) is 3.19. The number of benzene rings is 2. The zero-order valence-corrected chi connectivity index (χ0v) is 15.1. The van der Waals surface area contributed by atoms with Crippen LogP contribution in [0.1, 0.15) is 29.5 Å². The van der Waals surface area contributed by atoms with Gasteiger partial charge >= 0.3 is 0 Å². The van der Waals surface area contributed by atoms with Gasteiger partial charge < -0.3 is 4.90 Å². The van der Waals surface area contributed by atoms with Crippen molar-refractivity contribution in [3.8, 4) is 6.07 Å². The van der Waals surface area contributed by atoms with Crippen molar-refractivity contribution in [2.75, 3.05) is 18.0 Å². The first-order chi connectivity index (χ1) is 13.2. The van der Waals surface area contributed by atoms with E-state index in [0.29, 0.717) is 12.0 Å². The van der Waals surface area contributed by atoms with E-state index >= 15 is 0 Å². The predicted molar refractivity (Wildman–Crippen MR) is 103 cm³/mol. The average molecular weight is 362 g/mol. The molecule has 1 aliphatic heterocycles. The van der Waals surface area contributed by atoms with E-state index in [1.807, 2.05) is 35.2 Å². The summed E-state index contributed by atoms with van der Waals surface area (Å²) in [6.45, 7) is 1.05. The molecule has 2 amide bonds. The number of carbonyl (C=O) groups excluding carboxylic acids is 2. The maximum absolute atomic E-state index is 12.2. The Morgan fingerprint density at radius 2 is 1.78 bits per heavy atom. The number of nitrogens with one attached hydrogen (secondary N) is 2. The summed E-state index contributed by atoms with van der Waals surface area (Å²) in [5, 5.41) is 8.78. The largest absolute Gasteiger partial charge is 0.362 e. The molecule has 0 radical (unpaired) electrons. The van der Waals surface area contributed by atoms with Gasteiger partial charge in [-0.15, -0.1) is 0 Å². The number of rotatable bonds is 5. The van der Waals surface area contributed by atoms with Crippen molar-refractivity contribution in [1.29, 1.82) is 5.26 Å². The number of hydrogen-bond acceptors (Lipinski definition) is 4. The number of nitrogens with zero attached hydrogens (tertiary/aromatic N) is 2. The first-order valence-electron chi connectivity index (χ1n) is 9.05. The number of nitriles is 1. The maximum Gasteiger partial charge on any atom is 0.257 e. The highest BCUT2D eigenvalue weighted by atomic mass is 16.2. The van der Waals surface area contributed by atoms with Gasteiger partial charge in [0.15, 0.2) is 0 Å². The highest BCUT2D eigenvalue weighted by Crippen LogP contribution is 2.26. The number of para-hydroxylation sites is 1. The topological polar surface area (TPSA) is 85.2 Å². The molecule has 2 aromatic carbocycles. The molecule has 1 heterocycles. The normalized spacial score (nSPS) is 12.6. The Bertz CT molecular complexity index is 855. The van der Waals surface area contributed by atoms with Crippen LogP contribution in [0.2, 0.25) is 0 Å². The van der Waals surface area contributed by atoms with Crippen LogP contribution in [0.25, 0.3) is 0 Å². The summed E-state index contributed by atoms with van der Waals surface area (Å²) < 4.78 is 0. The lowest BCUT2D eigenvalue weighted by atomic mass is 10.0. The molecular formula is C21H22N4O2. The highest BCUT2D eigenvalue weighted by molar-refractivity contribution is 5.85. The van der Waals surface area contributed by atoms with Crippen molar-refractivity contribution >= 4 is 17.5 Å². The summed E-state index contributed by atoms with van der Waals surface area (Å²) in [6, 6.07) is 17.3. The highest BCUT2D eigenvalue weighted by Gasteiger charge is 2.18. The number of hydrogen-bond donors (Lipinski definition) is 2. The summed E-state index contributed by atoms with van der Waals surface area (Å²) in [4.78, 5) is 26.2. The Hall–Kier alpha value is -3.33. The molecule has 0 saturated carbocycles. The summed E-state index contributed by atoms with van der Waals surface area (Å²) >= 11 is 0. The second-order valence-electron chi connectivity index (χ2n) is 6.56. The van der Waals surface area contributed by atoms with Crippen LogP contribution >= 0.6 is 0 Å². The summed E-state index contributed by atoms with van der Waals surface area (Å²) in [5.74, 6) is -0.481. The molecule has 0 aromatic heterocycles. The van der Waals surface area contributed by atoms with Crippen LogP contribution in [0.4, 0.5) is 5.69 Å². The van der Waals surface area contributed by atoms with E-state index in [2.05, 4.69) is 23.0 Å². The van der Waals surface area contributed by atoms with Crippen LogP contribution in [0.5, 0.6) is 0 Å². The van der Waals surface area contributed by atoms with E-state index < -0.39 is 0 Å². The van der Waals surface area contributed by atoms with Gasteiger partial charge in [0.05, 0.1) is 18.2 Å². The van der Waals surface area contributed by atoms with E-state index in [1.165, 1.54) is 5.56 Å². The van der Waals surface area contributed by atoms with Crippen LogP contribution in [-0.2, 0) is 22.4 Å². The van der Waals surface area contributed by atoms with Gasteiger partial charge in [0.1, 0.15) is 0 Å². The minimum absolute atomic E-state index is 0.215. The Labute approximate surface area is 158 Å². The van der Waals surface area contributed by atoms with E-state index in [0.717, 1.165) is 30.6 Å². The van der Waals surface area contributed by atoms with Gasteiger partial charge in [-0.05, 0) is 48.6 Å². The molecule has 27 heavy (non-hydrogen) atoms. The van der Waals surface area contributed by atoms with Gasteiger partial charge in [0.2, 0.25) is 5.91 Å². The molecule has 138 valence electrons. The standard InChI is InChI=1S/C21H22N4O2/c22-14-17-9-7-16(8-10-17)11-12-20(26)23-24-21(27)15-25-13-3-5-18-4-1-2-6-19(18)25/h1-2,4,6-10H,3,5,11-13,15H2,(H,23,26)(H,24,27). The first kappa shape index (κ1) is 18.5. The van der Waals surface area contributed by atoms with Gasteiger partial charge in [-0.25, -0.2) is 0 Å². The van der Waals surface area contributed by atoms with E-state index in [-0.39, 0.29) is 24.8 Å². The SMILES string of the molecule is N#Cc1ccc(CCC(=O)NNC(=O)CN2CCCc3ccccc32)cc1. The third-order valence-electron chi connectivity index (χ3n) is 4.61. The third kappa shape index (κ3) is 5.08. The van der Waals surface area contributed by atoms with Gasteiger partial charge in [-0.2, -0.15) is 5.26 Å². The van der Waals surface area contributed by atoms with Crippen molar-refractivity contribution < 1.29 is 9.59 Å². The summed E-state index contributed by atoms with van der Waals surface area (Å²) in [6.07, 6.45) is 2.85. The molecule has 2 aromatic rings. The number of carbonyl (C=O) groups is 2. The van der Waals surface area contributed by atoms with Crippen LogP contribution in [-0.4, -0.2) is 24.9 Å². The van der Waals surface area contributed by atoms with Gasteiger partial charge in [0, 0.05) is 18.7 Å². The number of aryl methyl sites for hydroxylation is 2.